The van der Waals surface area contributed by atoms with E-state index in [1.54, 1.807) is 24.3 Å². The lowest BCUT2D eigenvalue weighted by Crippen LogP contribution is -2.50. The number of amides is 3. The normalized spacial score (nSPS) is 17.5. The highest BCUT2D eigenvalue weighted by molar-refractivity contribution is 6.00. The predicted molar refractivity (Wildman–Crippen MR) is 124 cm³/mol. The lowest BCUT2D eigenvalue weighted by Gasteiger charge is -2.35. The molecule has 31 heavy (non-hydrogen) atoms. The van der Waals surface area contributed by atoms with Gasteiger partial charge < -0.3 is 20.4 Å². The number of rotatable bonds is 6. The van der Waals surface area contributed by atoms with Crippen LogP contribution in [0.15, 0.2) is 54.6 Å². The molecule has 2 aromatic carbocycles. The lowest BCUT2D eigenvalue weighted by molar-refractivity contribution is 0.0626. The van der Waals surface area contributed by atoms with Gasteiger partial charge in [-0.3, -0.25) is 9.69 Å². The van der Waals surface area contributed by atoms with Gasteiger partial charge in [0.1, 0.15) is 0 Å². The predicted octanol–water partition coefficient (Wildman–Crippen LogP) is 3.18. The molecular weight excluding hydrogens is 390 g/mol. The standard InChI is InChI=1S/C24H31N5O2/c30-23(29-18-16-28(17-19-29)15-14-27-12-4-5-13-27)20-8-10-22(11-9-20)26-24(31)25-21-6-2-1-3-7-21/h1-3,6-11H,4-5,12-19H2,(H2,25,26,31). The average Bonchev–Trinajstić information content (AvgIpc) is 3.32. The van der Waals surface area contributed by atoms with Crippen LogP contribution in [0.3, 0.4) is 0 Å². The maximum atomic E-state index is 12.8. The van der Waals surface area contributed by atoms with Crippen molar-refractivity contribution in [1.29, 1.82) is 0 Å². The molecule has 2 aromatic rings. The van der Waals surface area contributed by atoms with E-state index in [4.69, 9.17) is 0 Å². The number of hydrogen-bond acceptors (Lipinski definition) is 4. The van der Waals surface area contributed by atoms with E-state index >= 15 is 0 Å². The van der Waals surface area contributed by atoms with Crippen molar-refractivity contribution in [3.63, 3.8) is 0 Å². The van der Waals surface area contributed by atoms with E-state index in [9.17, 15) is 9.59 Å². The van der Waals surface area contributed by atoms with Crippen LogP contribution in [0.4, 0.5) is 16.2 Å². The Hall–Kier alpha value is -2.90. The Balaban J connectivity index is 1.22. The number of para-hydroxylation sites is 1. The fraction of sp³-hybridized carbons (Fsp3) is 0.417. The number of carbonyl (C=O) groups is 2. The molecule has 0 radical (unpaired) electrons. The Kier molecular flexibility index (Phi) is 7.17. The summed E-state index contributed by atoms with van der Waals surface area (Å²) in [5.74, 6) is 0.0551. The van der Waals surface area contributed by atoms with E-state index in [0.29, 0.717) is 11.3 Å². The van der Waals surface area contributed by atoms with Crippen molar-refractivity contribution in [3.05, 3.63) is 60.2 Å². The molecule has 2 N–H and O–H groups in total. The Morgan fingerprint density at radius 3 is 1.84 bits per heavy atom. The summed E-state index contributed by atoms with van der Waals surface area (Å²) in [4.78, 5) is 31.9. The van der Waals surface area contributed by atoms with Gasteiger partial charge in [0.2, 0.25) is 0 Å². The molecule has 164 valence electrons. The Morgan fingerprint density at radius 1 is 0.677 bits per heavy atom. The van der Waals surface area contributed by atoms with Gasteiger partial charge in [-0.25, -0.2) is 4.79 Å². The molecule has 2 heterocycles. The Morgan fingerprint density at radius 2 is 1.23 bits per heavy atom. The first-order valence-electron chi connectivity index (χ1n) is 11.1. The van der Waals surface area contributed by atoms with Crippen LogP contribution in [0.25, 0.3) is 0 Å². The minimum Gasteiger partial charge on any atom is -0.336 e. The van der Waals surface area contributed by atoms with E-state index in [1.165, 1.54) is 25.9 Å². The van der Waals surface area contributed by atoms with Gasteiger partial charge in [0.15, 0.2) is 0 Å². The summed E-state index contributed by atoms with van der Waals surface area (Å²) < 4.78 is 0. The first-order valence-corrected chi connectivity index (χ1v) is 11.1. The van der Waals surface area contributed by atoms with Crippen LogP contribution < -0.4 is 10.6 Å². The summed E-state index contributed by atoms with van der Waals surface area (Å²) in [5.41, 5.74) is 2.03. The fourth-order valence-corrected chi connectivity index (χ4v) is 4.16. The van der Waals surface area contributed by atoms with Crippen LogP contribution in [-0.4, -0.2) is 79.0 Å². The van der Waals surface area contributed by atoms with E-state index in [0.717, 1.165) is 45.0 Å². The second-order valence-electron chi connectivity index (χ2n) is 8.21. The van der Waals surface area contributed by atoms with Gasteiger partial charge in [0.05, 0.1) is 0 Å². The number of benzene rings is 2. The van der Waals surface area contributed by atoms with Gasteiger partial charge >= 0.3 is 6.03 Å². The zero-order valence-corrected chi connectivity index (χ0v) is 17.9. The molecule has 0 aromatic heterocycles. The van der Waals surface area contributed by atoms with Crippen LogP contribution >= 0.6 is 0 Å². The fourth-order valence-electron chi connectivity index (χ4n) is 4.16. The van der Waals surface area contributed by atoms with Gasteiger partial charge in [-0.05, 0) is 62.3 Å². The molecule has 0 saturated carbocycles. The second-order valence-corrected chi connectivity index (χ2v) is 8.21. The largest absolute Gasteiger partial charge is 0.336 e. The number of hydrogen-bond donors (Lipinski definition) is 2. The summed E-state index contributed by atoms with van der Waals surface area (Å²) in [5, 5.41) is 5.57. The highest BCUT2D eigenvalue weighted by atomic mass is 16.2. The van der Waals surface area contributed by atoms with Crippen molar-refractivity contribution in [2.24, 2.45) is 0 Å². The lowest BCUT2D eigenvalue weighted by atomic mass is 10.1. The number of urea groups is 1. The zero-order chi connectivity index (χ0) is 21.5. The van der Waals surface area contributed by atoms with Crippen LogP contribution in [-0.2, 0) is 0 Å². The molecule has 0 unspecified atom stereocenters. The molecular formula is C24H31N5O2. The van der Waals surface area contributed by atoms with Gasteiger partial charge in [-0.15, -0.1) is 0 Å². The molecule has 4 rings (SSSR count). The minimum absolute atomic E-state index is 0.0551. The quantitative estimate of drug-likeness (QED) is 0.752. The molecule has 0 atom stereocenters. The molecule has 2 saturated heterocycles. The maximum Gasteiger partial charge on any atom is 0.323 e. The van der Waals surface area contributed by atoms with Crippen LogP contribution in [0.5, 0.6) is 0 Å². The summed E-state index contributed by atoms with van der Waals surface area (Å²) in [6, 6.07) is 16.1. The first-order chi connectivity index (χ1) is 15.2. The van der Waals surface area contributed by atoms with Crippen molar-refractivity contribution in [2.45, 2.75) is 12.8 Å². The third-order valence-corrected chi connectivity index (χ3v) is 6.01. The molecule has 0 bridgehead atoms. The van der Waals surface area contributed by atoms with Gasteiger partial charge in [-0.1, -0.05) is 18.2 Å². The van der Waals surface area contributed by atoms with Crippen molar-refractivity contribution in [1.82, 2.24) is 14.7 Å². The molecule has 7 nitrogen and oxygen atoms in total. The van der Waals surface area contributed by atoms with Crippen molar-refractivity contribution in [2.75, 3.05) is 63.0 Å². The van der Waals surface area contributed by atoms with Gasteiger partial charge in [-0.2, -0.15) is 0 Å². The SMILES string of the molecule is O=C(Nc1ccccc1)Nc1ccc(C(=O)N2CCN(CCN3CCCC3)CC2)cc1. The van der Waals surface area contributed by atoms with Gasteiger partial charge in [0, 0.05) is 56.2 Å². The van der Waals surface area contributed by atoms with Crippen LogP contribution in [0, 0.1) is 0 Å². The summed E-state index contributed by atoms with van der Waals surface area (Å²) >= 11 is 0. The average molecular weight is 422 g/mol. The second kappa shape index (κ2) is 10.4. The molecule has 2 fully saturated rings. The number of nitrogens with zero attached hydrogens (tertiary/aromatic N) is 3. The third-order valence-electron chi connectivity index (χ3n) is 6.01. The zero-order valence-electron chi connectivity index (χ0n) is 17.9. The van der Waals surface area contributed by atoms with Gasteiger partial charge in [0.25, 0.3) is 5.91 Å². The van der Waals surface area contributed by atoms with Crippen molar-refractivity contribution < 1.29 is 9.59 Å². The molecule has 2 aliphatic rings. The molecule has 7 heteroatoms. The smallest absolute Gasteiger partial charge is 0.323 e. The number of nitrogens with one attached hydrogen (secondary N) is 2. The molecule has 2 aliphatic heterocycles. The van der Waals surface area contributed by atoms with Crippen molar-refractivity contribution >= 4 is 23.3 Å². The monoisotopic (exact) mass is 421 g/mol. The molecule has 3 amide bonds. The van der Waals surface area contributed by atoms with E-state index in [2.05, 4.69) is 20.4 Å². The summed E-state index contributed by atoms with van der Waals surface area (Å²) in [6.45, 7) is 8.08. The third kappa shape index (κ3) is 6.06. The molecule has 0 spiro atoms. The summed E-state index contributed by atoms with van der Waals surface area (Å²) in [6.07, 6.45) is 2.66. The first kappa shape index (κ1) is 21.3. The van der Waals surface area contributed by atoms with Crippen LogP contribution in [0.1, 0.15) is 23.2 Å². The Labute approximate surface area is 184 Å². The maximum absolute atomic E-state index is 12.8. The summed E-state index contributed by atoms with van der Waals surface area (Å²) in [7, 11) is 0. The van der Waals surface area contributed by atoms with E-state index in [-0.39, 0.29) is 11.9 Å². The van der Waals surface area contributed by atoms with Crippen molar-refractivity contribution in [3.8, 4) is 0 Å². The number of likely N-dealkylation sites (tertiary alicyclic amines) is 1. The highest BCUT2D eigenvalue weighted by Gasteiger charge is 2.22. The van der Waals surface area contributed by atoms with E-state index in [1.807, 2.05) is 35.2 Å². The minimum atomic E-state index is -0.310. The topological polar surface area (TPSA) is 67.9 Å². The van der Waals surface area contributed by atoms with E-state index < -0.39 is 0 Å². The number of carbonyl (C=O) groups excluding carboxylic acids is 2. The molecule has 0 aliphatic carbocycles. The number of anilines is 2. The Bertz CT molecular complexity index is 857. The highest BCUT2D eigenvalue weighted by Crippen LogP contribution is 2.15. The number of piperazine rings is 1. The van der Waals surface area contributed by atoms with Crippen LogP contribution in [0.2, 0.25) is 0 Å².